The fourth-order valence-electron chi connectivity index (χ4n) is 1.37. The number of nitrogens with two attached hydrogens (primary N) is 1. The Labute approximate surface area is 101 Å². The first-order valence-electron chi connectivity index (χ1n) is 5.63. The third kappa shape index (κ3) is 5.44. The van der Waals surface area contributed by atoms with Gasteiger partial charge in [-0.2, -0.15) is 0 Å². The third-order valence-corrected chi connectivity index (χ3v) is 2.32. The predicted octanol–water partition coefficient (Wildman–Crippen LogP) is 1.07. The fraction of sp³-hybridized carbons (Fsp3) is 0.417. The van der Waals surface area contributed by atoms with E-state index in [0.717, 1.165) is 12.8 Å². The Morgan fingerprint density at radius 1 is 1.35 bits per heavy atom. The maximum atomic E-state index is 11.6. The Bertz CT molecular complexity index is 330. The van der Waals surface area contributed by atoms with Crippen molar-refractivity contribution in [3.8, 4) is 5.75 Å². The number of esters is 1. The normalized spacial score (nSPS) is 12.1. The molecule has 1 atom stereocenters. The number of hydrogen-bond donors (Lipinski definition) is 3. The van der Waals surface area contributed by atoms with Crippen LogP contribution in [-0.4, -0.2) is 23.8 Å². The molecule has 0 saturated heterocycles. The lowest BCUT2D eigenvalue weighted by atomic mass is 10.1. The Balaban J connectivity index is 2.27. The molecule has 1 aromatic rings. The van der Waals surface area contributed by atoms with E-state index in [4.69, 9.17) is 15.7 Å². The van der Waals surface area contributed by atoms with Gasteiger partial charge in [0.1, 0.15) is 11.8 Å². The molecule has 1 aromatic carbocycles. The highest BCUT2D eigenvalue weighted by molar-refractivity contribution is 5.77. The zero-order chi connectivity index (χ0) is 12.5. The molecule has 0 fully saturated rings. The summed E-state index contributed by atoms with van der Waals surface area (Å²) in [5.41, 5.74) is 7.74. The number of unbranched alkanes of at least 4 members (excludes halogenated alkanes) is 1. The Hall–Kier alpha value is -1.43. The van der Waals surface area contributed by atoms with Crippen LogP contribution >= 0.6 is 0 Å². The molecule has 17 heavy (non-hydrogen) atoms. The summed E-state index contributed by atoms with van der Waals surface area (Å²) in [6, 6.07) is 8.23. The van der Waals surface area contributed by atoms with Gasteiger partial charge in [0.2, 0.25) is 0 Å². The topological polar surface area (TPSA) is 84.6 Å². The monoisotopic (exact) mass is 238 g/mol. The second-order valence-corrected chi connectivity index (χ2v) is 3.74. The Morgan fingerprint density at radius 3 is 2.71 bits per heavy atom. The van der Waals surface area contributed by atoms with Gasteiger partial charge in [0.15, 0.2) is 0 Å². The first-order valence-corrected chi connectivity index (χ1v) is 5.63. The second kappa shape index (κ2) is 7.78. The van der Waals surface area contributed by atoms with Crippen LogP contribution in [0, 0.1) is 0 Å². The number of para-hydroxylation sites is 1. The van der Waals surface area contributed by atoms with Crippen molar-refractivity contribution in [3.05, 3.63) is 30.3 Å². The molecular formula is C12H18N2O3. The number of ether oxygens (including phenoxy) is 1. The summed E-state index contributed by atoms with van der Waals surface area (Å²) >= 11 is 0. The van der Waals surface area contributed by atoms with Gasteiger partial charge in [0, 0.05) is 6.54 Å². The van der Waals surface area contributed by atoms with E-state index < -0.39 is 12.0 Å². The van der Waals surface area contributed by atoms with E-state index in [9.17, 15) is 4.79 Å². The van der Waals surface area contributed by atoms with Gasteiger partial charge in [0.25, 0.3) is 0 Å². The molecule has 0 unspecified atom stereocenters. The van der Waals surface area contributed by atoms with Crippen molar-refractivity contribution in [1.29, 1.82) is 0 Å². The summed E-state index contributed by atoms with van der Waals surface area (Å²) in [4.78, 5) is 11.6. The predicted molar refractivity (Wildman–Crippen MR) is 63.7 cm³/mol. The van der Waals surface area contributed by atoms with Gasteiger partial charge in [-0.05, 0) is 31.4 Å². The smallest absolute Gasteiger partial charge is 0.328 e. The van der Waals surface area contributed by atoms with Gasteiger partial charge in [-0.3, -0.25) is 0 Å². The highest BCUT2D eigenvalue weighted by Gasteiger charge is 2.15. The quantitative estimate of drug-likeness (QED) is 0.286. The molecule has 5 heteroatoms. The van der Waals surface area contributed by atoms with E-state index in [0.29, 0.717) is 18.7 Å². The van der Waals surface area contributed by atoms with Crippen LogP contribution in [0.1, 0.15) is 19.3 Å². The van der Waals surface area contributed by atoms with E-state index in [1.807, 2.05) is 6.07 Å². The van der Waals surface area contributed by atoms with Gasteiger partial charge >= 0.3 is 5.97 Å². The zero-order valence-corrected chi connectivity index (χ0v) is 9.63. The first kappa shape index (κ1) is 13.6. The van der Waals surface area contributed by atoms with Gasteiger partial charge in [0.05, 0.1) is 0 Å². The van der Waals surface area contributed by atoms with Crippen LogP contribution < -0.4 is 16.0 Å². The second-order valence-electron chi connectivity index (χ2n) is 3.74. The molecule has 0 radical (unpaired) electrons. The zero-order valence-electron chi connectivity index (χ0n) is 9.63. The lowest BCUT2D eigenvalue weighted by Crippen LogP contribution is -2.34. The molecule has 0 aliphatic heterocycles. The molecule has 5 nitrogen and oxygen atoms in total. The Kier molecular flexibility index (Phi) is 6.24. The SMILES string of the molecule is N[C@@H](CCCCNO)C(=O)Oc1ccccc1. The minimum atomic E-state index is -0.617. The van der Waals surface area contributed by atoms with Crippen LogP contribution in [0.5, 0.6) is 5.75 Å². The maximum absolute atomic E-state index is 11.6. The summed E-state index contributed by atoms with van der Waals surface area (Å²) in [5.74, 6) is 0.0816. The molecule has 0 aliphatic carbocycles. The van der Waals surface area contributed by atoms with Crippen LogP contribution in [-0.2, 0) is 4.79 Å². The minimum absolute atomic E-state index is 0.423. The van der Waals surface area contributed by atoms with Crippen LogP contribution in [0.25, 0.3) is 0 Å². The van der Waals surface area contributed by atoms with Crippen LogP contribution in [0.2, 0.25) is 0 Å². The number of hydrogen-bond acceptors (Lipinski definition) is 5. The average Bonchev–Trinajstić information content (AvgIpc) is 2.35. The number of nitrogens with one attached hydrogen (secondary N) is 1. The molecular weight excluding hydrogens is 220 g/mol. The average molecular weight is 238 g/mol. The van der Waals surface area contributed by atoms with E-state index in [1.54, 1.807) is 24.3 Å². The molecule has 4 N–H and O–H groups in total. The molecule has 0 bridgehead atoms. The molecule has 0 aliphatic rings. The van der Waals surface area contributed by atoms with Crippen molar-refractivity contribution in [2.45, 2.75) is 25.3 Å². The van der Waals surface area contributed by atoms with Crippen molar-refractivity contribution in [2.75, 3.05) is 6.54 Å². The van der Waals surface area contributed by atoms with Crippen molar-refractivity contribution >= 4 is 5.97 Å². The molecule has 0 aromatic heterocycles. The number of carbonyl (C=O) groups excluding carboxylic acids is 1. The highest BCUT2D eigenvalue weighted by atomic mass is 16.5. The van der Waals surface area contributed by atoms with E-state index in [1.165, 1.54) is 0 Å². The molecule has 1 rings (SSSR count). The first-order chi connectivity index (χ1) is 8.24. The van der Waals surface area contributed by atoms with E-state index >= 15 is 0 Å². The summed E-state index contributed by atoms with van der Waals surface area (Å²) in [6.45, 7) is 0.500. The maximum Gasteiger partial charge on any atom is 0.328 e. The van der Waals surface area contributed by atoms with E-state index in [2.05, 4.69) is 5.48 Å². The number of hydroxylamine groups is 1. The van der Waals surface area contributed by atoms with Crippen LogP contribution in [0.4, 0.5) is 0 Å². The van der Waals surface area contributed by atoms with Crippen molar-refractivity contribution in [3.63, 3.8) is 0 Å². The number of rotatable bonds is 7. The van der Waals surface area contributed by atoms with Crippen LogP contribution in [0.15, 0.2) is 30.3 Å². The lowest BCUT2D eigenvalue weighted by molar-refractivity contribution is -0.136. The van der Waals surface area contributed by atoms with Gasteiger partial charge in [-0.25, -0.2) is 10.3 Å². The van der Waals surface area contributed by atoms with E-state index in [-0.39, 0.29) is 0 Å². The van der Waals surface area contributed by atoms with Gasteiger partial charge in [-0.1, -0.05) is 18.2 Å². The van der Waals surface area contributed by atoms with Crippen LogP contribution in [0.3, 0.4) is 0 Å². The van der Waals surface area contributed by atoms with Crippen molar-refractivity contribution in [1.82, 2.24) is 5.48 Å². The molecule has 0 spiro atoms. The van der Waals surface area contributed by atoms with Gasteiger partial charge < -0.3 is 15.7 Å². The minimum Gasteiger partial charge on any atom is -0.425 e. The van der Waals surface area contributed by atoms with Crippen molar-refractivity contribution < 1.29 is 14.7 Å². The number of benzene rings is 1. The largest absolute Gasteiger partial charge is 0.425 e. The highest BCUT2D eigenvalue weighted by Crippen LogP contribution is 2.10. The molecule has 0 amide bonds. The number of carbonyl (C=O) groups is 1. The molecule has 94 valence electrons. The van der Waals surface area contributed by atoms with Crippen molar-refractivity contribution in [2.24, 2.45) is 5.73 Å². The van der Waals surface area contributed by atoms with Gasteiger partial charge in [-0.15, -0.1) is 0 Å². The standard InChI is InChI=1S/C12H18N2O3/c13-11(8-4-5-9-14-16)12(15)17-10-6-2-1-3-7-10/h1-3,6-7,11,14,16H,4-5,8-9,13H2/t11-/m0/s1. The molecule has 0 heterocycles. The molecule has 0 saturated carbocycles. The third-order valence-electron chi connectivity index (χ3n) is 2.32. The Morgan fingerprint density at radius 2 is 2.06 bits per heavy atom. The summed E-state index contributed by atoms with van der Waals surface area (Å²) in [7, 11) is 0. The lowest BCUT2D eigenvalue weighted by Gasteiger charge is -2.10. The fourth-order valence-corrected chi connectivity index (χ4v) is 1.37. The summed E-state index contributed by atoms with van der Waals surface area (Å²) in [6.07, 6.45) is 2.08. The summed E-state index contributed by atoms with van der Waals surface area (Å²) < 4.78 is 5.10. The summed E-state index contributed by atoms with van der Waals surface area (Å²) in [5, 5.41) is 8.36.